The lowest BCUT2D eigenvalue weighted by Crippen LogP contribution is -2.31. The van der Waals surface area contributed by atoms with E-state index in [1.165, 1.54) is 24.3 Å². The van der Waals surface area contributed by atoms with E-state index in [1.807, 2.05) is 6.07 Å². The summed E-state index contributed by atoms with van der Waals surface area (Å²) in [5.41, 5.74) is 8.14. The number of halogens is 2. The fourth-order valence-electron chi connectivity index (χ4n) is 4.77. The monoisotopic (exact) mass is 450 g/mol. The number of hydrogen-bond donors (Lipinski definition) is 2. The van der Waals surface area contributed by atoms with Crippen LogP contribution in [-0.2, 0) is 6.42 Å². The number of nitrogens with one attached hydrogen (secondary N) is 1. The largest absolute Gasteiger partial charge is 0.328 e. The number of carbonyl (C=O) groups excluding carboxylic acids is 1. The summed E-state index contributed by atoms with van der Waals surface area (Å²) in [4.78, 5) is 21.5. The van der Waals surface area contributed by atoms with Crippen LogP contribution in [0.25, 0.3) is 11.3 Å². The molecule has 0 saturated heterocycles. The lowest BCUT2D eigenvalue weighted by Gasteiger charge is -2.32. The summed E-state index contributed by atoms with van der Waals surface area (Å²) >= 11 is 0. The summed E-state index contributed by atoms with van der Waals surface area (Å²) in [6.45, 7) is 3.98. The number of rotatable bonds is 5. The predicted molar refractivity (Wildman–Crippen MR) is 125 cm³/mol. The van der Waals surface area contributed by atoms with E-state index in [1.54, 1.807) is 25.4 Å². The van der Waals surface area contributed by atoms with E-state index in [2.05, 4.69) is 22.2 Å². The second-order valence-electron chi connectivity index (χ2n) is 8.84. The van der Waals surface area contributed by atoms with Crippen molar-refractivity contribution >= 4 is 11.6 Å². The molecule has 0 bridgehead atoms. The molecule has 2 heterocycles. The van der Waals surface area contributed by atoms with Crippen molar-refractivity contribution in [1.29, 1.82) is 0 Å². The Labute approximate surface area is 192 Å². The van der Waals surface area contributed by atoms with Gasteiger partial charge >= 0.3 is 0 Å². The standard InChI is InChI=1S/C26H28F2N4O/c1-3-16-7-8-20(27)24(25(16)28)21-5-4-6-22(31-21)26(33)32-23-14-30-10-9-19(23)17-11-15(2)12-18(29)13-17/h4-10,14-15,17-18H,3,11-13,29H2,1-2H3,(H,32,33)/t15-,17-,18-/m0/s1. The van der Waals surface area contributed by atoms with Crippen LogP contribution in [0.4, 0.5) is 14.5 Å². The van der Waals surface area contributed by atoms with E-state index >= 15 is 0 Å². The molecule has 4 rings (SSSR count). The molecule has 0 radical (unpaired) electrons. The Balaban J connectivity index is 1.62. The number of pyridine rings is 2. The van der Waals surface area contributed by atoms with E-state index < -0.39 is 17.5 Å². The van der Waals surface area contributed by atoms with E-state index in [9.17, 15) is 13.6 Å². The van der Waals surface area contributed by atoms with Gasteiger partial charge in [0.25, 0.3) is 5.91 Å². The average molecular weight is 451 g/mol. The van der Waals surface area contributed by atoms with Crippen LogP contribution in [0, 0.1) is 17.6 Å². The number of anilines is 1. The Morgan fingerprint density at radius 1 is 1.15 bits per heavy atom. The predicted octanol–water partition coefficient (Wildman–Crippen LogP) is 5.47. The zero-order valence-corrected chi connectivity index (χ0v) is 18.8. The molecule has 1 saturated carbocycles. The normalized spacial score (nSPS) is 20.5. The fourth-order valence-corrected chi connectivity index (χ4v) is 4.77. The van der Waals surface area contributed by atoms with Crippen LogP contribution in [0.15, 0.2) is 48.8 Å². The highest BCUT2D eigenvalue weighted by atomic mass is 19.1. The highest BCUT2D eigenvalue weighted by Crippen LogP contribution is 2.38. The Bertz CT molecular complexity index is 1160. The summed E-state index contributed by atoms with van der Waals surface area (Å²) in [6, 6.07) is 9.27. The summed E-state index contributed by atoms with van der Waals surface area (Å²) in [5.74, 6) is -1.11. The van der Waals surface area contributed by atoms with E-state index in [4.69, 9.17) is 5.73 Å². The van der Waals surface area contributed by atoms with Gasteiger partial charge in [-0.1, -0.05) is 26.0 Å². The van der Waals surface area contributed by atoms with E-state index in [0.29, 0.717) is 23.6 Å². The van der Waals surface area contributed by atoms with Crippen LogP contribution < -0.4 is 11.1 Å². The van der Waals surface area contributed by atoms with Crippen LogP contribution in [-0.4, -0.2) is 21.9 Å². The smallest absolute Gasteiger partial charge is 0.274 e. The van der Waals surface area contributed by atoms with Crippen molar-refractivity contribution in [1.82, 2.24) is 9.97 Å². The Hall–Kier alpha value is -3.19. The van der Waals surface area contributed by atoms with Gasteiger partial charge in [0.1, 0.15) is 17.3 Å². The Morgan fingerprint density at radius 3 is 2.73 bits per heavy atom. The first-order valence-corrected chi connectivity index (χ1v) is 11.3. The van der Waals surface area contributed by atoms with Crippen LogP contribution in [0.1, 0.15) is 60.6 Å². The number of carbonyl (C=O) groups is 1. The Kier molecular flexibility index (Phi) is 6.79. The van der Waals surface area contributed by atoms with E-state index in [0.717, 1.165) is 24.8 Å². The van der Waals surface area contributed by atoms with Gasteiger partial charge in [-0.2, -0.15) is 0 Å². The maximum absolute atomic E-state index is 14.8. The van der Waals surface area contributed by atoms with Crippen molar-refractivity contribution in [3.63, 3.8) is 0 Å². The molecule has 0 spiro atoms. The maximum Gasteiger partial charge on any atom is 0.274 e. The third kappa shape index (κ3) is 4.93. The molecule has 0 aliphatic heterocycles. The quantitative estimate of drug-likeness (QED) is 0.540. The second-order valence-corrected chi connectivity index (χ2v) is 8.84. The second kappa shape index (κ2) is 9.75. The summed E-state index contributed by atoms with van der Waals surface area (Å²) < 4.78 is 29.3. The van der Waals surface area contributed by atoms with Crippen molar-refractivity contribution in [3.05, 3.63) is 77.2 Å². The molecule has 1 aliphatic rings. The zero-order chi connectivity index (χ0) is 23.5. The van der Waals surface area contributed by atoms with Crippen molar-refractivity contribution in [2.24, 2.45) is 11.7 Å². The topological polar surface area (TPSA) is 80.9 Å². The minimum absolute atomic E-state index is 0.0664. The molecule has 33 heavy (non-hydrogen) atoms. The number of nitrogens with two attached hydrogens (primary N) is 1. The molecule has 1 aromatic carbocycles. The molecule has 2 aromatic heterocycles. The minimum Gasteiger partial charge on any atom is -0.328 e. The summed E-state index contributed by atoms with van der Waals surface area (Å²) in [7, 11) is 0. The van der Waals surface area contributed by atoms with Crippen molar-refractivity contribution in [2.45, 2.75) is 51.5 Å². The van der Waals surface area contributed by atoms with Gasteiger partial charge in [0.15, 0.2) is 0 Å². The lowest BCUT2D eigenvalue weighted by atomic mass is 9.76. The van der Waals surface area contributed by atoms with Gasteiger partial charge in [-0.25, -0.2) is 13.8 Å². The van der Waals surface area contributed by atoms with Crippen LogP contribution in [0.5, 0.6) is 0 Å². The molecule has 3 N–H and O–H groups in total. The molecular weight excluding hydrogens is 422 g/mol. The number of benzene rings is 1. The van der Waals surface area contributed by atoms with Crippen LogP contribution in [0.3, 0.4) is 0 Å². The van der Waals surface area contributed by atoms with Gasteiger partial charge in [-0.05, 0) is 72.9 Å². The molecular formula is C26H28F2N4O. The Morgan fingerprint density at radius 2 is 1.97 bits per heavy atom. The van der Waals surface area contributed by atoms with Gasteiger partial charge in [0.2, 0.25) is 0 Å². The van der Waals surface area contributed by atoms with Gasteiger partial charge in [0.05, 0.1) is 23.1 Å². The molecule has 3 atom stereocenters. The number of hydrogen-bond acceptors (Lipinski definition) is 4. The first kappa shape index (κ1) is 23.0. The highest BCUT2D eigenvalue weighted by Gasteiger charge is 2.27. The molecule has 172 valence electrons. The molecule has 0 unspecified atom stereocenters. The van der Waals surface area contributed by atoms with E-state index in [-0.39, 0.29) is 28.9 Å². The van der Waals surface area contributed by atoms with Gasteiger partial charge < -0.3 is 11.1 Å². The summed E-state index contributed by atoms with van der Waals surface area (Å²) in [6.07, 6.45) is 6.57. The molecule has 1 fully saturated rings. The molecule has 1 amide bonds. The fraction of sp³-hybridized carbons (Fsp3) is 0.346. The SMILES string of the molecule is CCc1ccc(F)c(-c2cccc(C(=O)Nc3cnccc3[C@H]3C[C@H](C)C[C@H](N)C3)n2)c1F. The number of aromatic nitrogens is 2. The molecule has 3 aromatic rings. The van der Waals surface area contributed by atoms with Crippen molar-refractivity contribution < 1.29 is 13.6 Å². The first-order valence-electron chi connectivity index (χ1n) is 11.3. The third-order valence-electron chi connectivity index (χ3n) is 6.31. The van der Waals surface area contributed by atoms with Gasteiger partial charge in [-0.15, -0.1) is 0 Å². The number of aryl methyl sites for hydroxylation is 1. The highest BCUT2D eigenvalue weighted by molar-refractivity contribution is 6.03. The molecule has 7 heteroatoms. The van der Waals surface area contributed by atoms with Crippen LogP contribution >= 0.6 is 0 Å². The van der Waals surface area contributed by atoms with Crippen LogP contribution in [0.2, 0.25) is 0 Å². The van der Waals surface area contributed by atoms with Crippen molar-refractivity contribution in [2.75, 3.05) is 5.32 Å². The van der Waals surface area contributed by atoms with Crippen molar-refractivity contribution in [3.8, 4) is 11.3 Å². The molecule has 5 nitrogen and oxygen atoms in total. The molecule has 1 aliphatic carbocycles. The average Bonchev–Trinajstić information content (AvgIpc) is 2.79. The number of nitrogens with zero attached hydrogens (tertiary/aromatic N) is 2. The van der Waals surface area contributed by atoms with Gasteiger partial charge in [-0.3, -0.25) is 9.78 Å². The minimum atomic E-state index is -0.716. The third-order valence-corrected chi connectivity index (χ3v) is 6.31. The van der Waals surface area contributed by atoms with Gasteiger partial charge in [0, 0.05) is 12.2 Å². The maximum atomic E-state index is 14.8. The lowest BCUT2D eigenvalue weighted by molar-refractivity contribution is 0.102. The first-order chi connectivity index (χ1) is 15.9. The zero-order valence-electron chi connectivity index (χ0n) is 18.8. The number of amides is 1. The summed E-state index contributed by atoms with van der Waals surface area (Å²) in [5, 5.41) is 2.89.